The van der Waals surface area contributed by atoms with Gasteiger partial charge in [-0.3, -0.25) is 0 Å². The molecule has 0 aliphatic heterocycles. The third kappa shape index (κ3) is 15.6. The summed E-state index contributed by atoms with van der Waals surface area (Å²) >= 11 is 0. The average Bonchev–Trinajstić information content (AvgIpc) is 2.76. The normalized spacial score (nSPS) is 11.3. The van der Waals surface area contributed by atoms with Crippen LogP contribution in [0.1, 0.15) is 52.4 Å². The zero-order valence-electron chi connectivity index (χ0n) is 19.1. The van der Waals surface area contributed by atoms with Crippen molar-refractivity contribution in [1.82, 2.24) is 0 Å². The fourth-order valence-corrected chi connectivity index (χ4v) is 2.31. The van der Waals surface area contributed by atoms with Gasteiger partial charge in [0.2, 0.25) is 0 Å². The lowest BCUT2D eigenvalue weighted by Gasteiger charge is -2.05. The van der Waals surface area contributed by atoms with Crippen molar-refractivity contribution in [3.8, 4) is 0 Å². The summed E-state index contributed by atoms with van der Waals surface area (Å²) in [5, 5.41) is 0. The van der Waals surface area contributed by atoms with Crippen LogP contribution in [0.2, 0.25) is 0 Å². The van der Waals surface area contributed by atoms with E-state index in [0.717, 1.165) is 50.7 Å². The highest BCUT2D eigenvalue weighted by molar-refractivity contribution is 5.96. The van der Waals surface area contributed by atoms with E-state index in [4.69, 9.17) is 18.9 Å². The van der Waals surface area contributed by atoms with Crippen LogP contribution in [0, 0.1) is 0 Å². The molecule has 0 aromatic rings. The van der Waals surface area contributed by atoms with Crippen molar-refractivity contribution in [1.29, 1.82) is 0 Å². The van der Waals surface area contributed by atoms with Gasteiger partial charge in [-0.15, -0.1) is 0 Å². The Labute approximate surface area is 189 Å². The van der Waals surface area contributed by atoms with Crippen LogP contribution in [0.25, 0.3) is 0 Å². The second kappa shape index (κ2) is 18.6. The number of unbranched alkanes of at least 4 members (excludes halogenated alkanes) is 5. The highest BCUT2D eigenvalue weighted by Gasteiger charge is 2.09. The van der Waals surface area contributed by atoms with Crippen LogP contribution >= 0.6 is 0 Å². The molecule has 0 bridgehead atoms. The molecular weight excluding hydrogens is 416 g/mol. The molecule has 0 N–H and O–H groups in total. The standard InChI is InChI=1S/C24H34O8/c1-5-13-31-23(27)19(3)17-21(25)29-15-11-9-7-8-10-12-16-30-22(26)18-20(4)24(28)32-14-6-2/h5-6,17-18H,1-2,7-16H2,3-4H3/b19-17-,20-18-. The summed E-state index contributed by atoms with van der Waals surface area (Å²) in [6, 6.07) is 0. The van der Waals surface area contributed by atoms with Gasteiger partial charge in [-0.05, 0) is 26.7 Å². The second-order valence-electron chi connectivity index (χ2n) is 6.89. The van der Waals surface area contributed by atoms with Gasteiger partial charge in [0.25, 0.3) is 0 Å². The van der Waals surface area contributed by atoms with E-state index in [9.17, 15) is 19.2 Å². The van der Waals surface area contributed by atoms with E-state index >= 15 is 0 Å². The van der Waals surface area contributed by atoms with Crippen molar-refractivity contribution in [3.05, 3.63) is 48.6 Å². The number of rotatable bonds is 17. The molecule has 0 saturated carbocycles. The van der Waals surface area contributed by atoms with Crippen LogP contribution in [0.5, 0.6) is 0 Å². The van der Waals surface area contributed by atoms with Gasteiger partial charge in [0.1, 0.15) is 13.2 Å². The maximum atomic E-state index is 11.6. The third-order valence-corrected chi connectivity index (χ3v) is 4.00. The molecule has 0 aromatic heterocycles. The number of hydrogen-bond donors (Lipinski definition) is 0. The first-order valence-corrected chi connectivity index (χ1v) is 10.6. The van der Waals surface area contributed by atoms with Crippen LogP contribution in [0.15, 0.2) is 48.6 Å². The van der Waals surface area contributed by atoms with Crippen molar-refractivity contribution >= 4 is 23.9 Å². The van der Waals surface area contributed by atoms with Crippen LogP contribution < -0.4 is 0 Å². The molecule has 0 atom stereocenters. The maximum Gasteiger partial charge on any atom is 0.334 e. The lowest BCUT2D eigenvalue weighted by Crippen LogP contribution is -2.09. The zero-order valence-corrected chi connectivity index (χ0v) is 19.1. The molecule has 0 radical (unpaired) electrons. The monoisotopic (exact) mass is 450 g/mol. The minimum absolute atomic E-state index is 0.0884. The SMILES string of the molecule is C=CCOC(=O)/C(C)=C\C(=O)OCCCCCCCCOC(=O)/C=C(/C)C(=O)OCC=C. The molecule has 0 saturated heterocycles. The zero-order chi connectivity index (χ0) is 24.2. The van der Waals surface area contributed by atoms with Crippen LogP contribution in [-0.4, -0.2) is 50.3 Å². The smallest absolute Gasteiger partial charge is 0.334 e. The van der Waals surface area contributed by atoms with Gasteiger partial charge in [0, 0.05) is 23.3 Å². The van der Waals surface area contributed by atoms with Gasteiger partial charge in [-0.2, -0.15) is 0 Å². The largest absolute Gasteiger partial charge is 0.463 e. The quantitative estimate of drug-likeness (QED) is 0.108. The second-order valence-corrected chi connectivity index (χ2v) is 6.89. The molecule has 8 nitrogen and oxygen atoms in total. The highest BCUT2D eigenvalue weighted by Crippen LogP contribution is 2.07. The molecule has 0 heterocycles. The van der Waals surface area contributed by atoms with E-state index in [1.165, 1.54) is 26.0 Å². The first kappa shape index (κ1) is 28.8. The van der Waals surface area contributed by atoms with E-state index in [-0.39, 0.29) is 37.6 Å². The van der Waals surface area contributed by atoms with E-state index in [1.54, 1.807) is 0 Å². The predicted molar refractivity (Wildman–Crippen MR) is 119 cm³/mol. The van der Waals surface area contributed by atoms with Crippen LogP contribution in [-0.2, 0) is 38.1 Å². The molecule has 0 spiro atoms. The Hall–Kier alpha value is -3.16. The van der Waals surface area contributed by atoms with Crippen molar-refractivity contribution in [2.75, 3.05) is 26.4 Å². The summed E-state index contributed by atoms with van der Waals surface area (Å²) in [5.74, 6) is -2.30. The van der Waals surface area contributed by atoms with Crippen molar-refractivity contribution in [3.63, 3.8) is 0 Å². The number of ether oxygens (including phenoxy) is 4. The lowest BCUT2D eigenvalue weighted by molar-refractivity contribution is -0.140. The molecule has 0 rings (SSSR count). The van der Waals surface area contributed by atoms with Crippen LogP contribution in [0.4, 0.5) is 0 Å². The Morgan fingerprint density at radius 2 is 0.938 bits per heavy atom. The average molecular weight is 451 g/mol. The number of hydrogen-bond acceptors (Lipinski definition) is 8. The third-order valence-electron chi connectivity index (χ3n) is 4.00. The topological polar surface area (TPSA) is 105 Å². The first-order valence-electron chi connectivity index (χ1n) is 10.6. The Kier molecular flexibility index (Phi) is 16.8. The minimum atomic E-state index is -0.579. The van der Waals surface area contributed by atoms with Crippen LogP contribution in [0.3, 0.4) is 0 Å². The van der Waals surface area contributed by atoms with Gasteiger partial charge >= 0.3 is 23.9 Å². The predicted octanol–water partition coefficient (Wildman–Crippen LogP) is 3.76. The van der Waals surface area contributed by atoms with Crippen molar-refractivity contribution in [2.45, 2.75) is 52.4 Å². The van der Waals surface area contributed by atoms with Gasteiger partial charge in [0.15, 0.2) is 0 Å². The minimum Gasteiger partial charge on any atom is -0.463 e. The Bertz CT molecular complexity index is 643. The molecular formula is C24H34O8. The van der Waals surface area contributed by atoms with Gasteiger partial charge in [-0.1, -0.05) is 51.0 Å². The van der Waals surface area contributed by atoms with E-state index in [2.05, 4.69) is 13.2 Å². The summed E-state index contributed by atoms with van der Waals surface area (Å²) in [5.41, 5.74) is 0.353. The fraction of sp³-hybridized carbons (Fsp3) is 0.500. The van der Waals surface area contributed by atoms with Gasteiger partial charge in [-0.25, -0.2) is 19.2 Å². The Balaban J connectivity index is 3.76. The number of carbonyl (C=O) groups is 4. The lowest BCUT2D eigenvalue weighted by atomic mass is 10.1. The van der Waals surface area contributed by atoms with Crippen molar-refractivity contribution in [2.24, 2.45) is 0 Å². The molecule has 0 unspecified atom stereocenters. The summed E-state index contributed by atoms with van der Waals surface area (Å²) in [6.07, 6.45) is 10.3. The molecule has 0 fully saturated rings. The number of esters is 4. The molecule has 0 aliphatic carbocycles. The molecule has 178 valence electrons. The highest BCUT2D eigenvalue weighted by atomic mass is 16.5. The van der Waals surface area contributed by atoms with Crippen molar-refractivity contribution < 1.29 is 38.1 Å². The first-order chi connectivity index (χ1) is 15.3. The molecule has 0 aromatic carbocycles. The molecule has 0 aliphatic rings. The summed E-state index contributed by atoms with van der Waals surface area (Å²) in [7, 11) is 0. The Morgan fingerprint density at radius 3 is 1.28 bits per heavy atom. The van der Waals surface area contributed by atoms with E-state index in [0.29, 0.717) is 0 Å². The summed E-state index contributed by atoms with van der Waals surface area (Å²) in [4.78, 5) is 46.3. The maximum absolute atomic E-state index is 11.6. The van der Waals surface area contributed by atoms with E-state index < -0.39 is 23.9 Å². The number of carbonyl (C=O) groups excluding carboxylic acids is 4. The summed E-state index contributed by atoms with van der Waals surface area (Å²) in [6.45, 7) is 10.6. The molecule has 0 amide bonds. The fourth-order valence-electron chi connectivity index (χ4n) is 2.31. The Morgan fingerprint density at radius 1 is 0.594 bits per heavy atom. The molecule has 32 heavy (non-hydrogen) atoms. The van der Waals surface area contributed by atoms with E-state index in [1.807, 2.05) is 0 Å². The van der Waals surface area contributed by atoms with Gasteiger partial charge in [0.05, 0.1) is 13.2 Å². The summed E-state index contributed by atoms with van der Waals surface area (Å²) < 4.78 is 19.8. The van der Waals surface area contributed by atoms with Gasteiger partial charge < -0.3 is 18.9 Å². The molecule has 8 heteroatoms.